The Morgan fingerprint density at radius 1 is 0.760 bits per heavy atom. The van der Waals surface area contributed by atoms with Crippen LogP contribution in [0.5, 0.6) is 0 Å². The first-order valence-electron chi connectivity index (χ1n) is 8.23. The van der Waals surface area contributed by atoms with Gasteiger partial charge in [-0.05, 0) is 29.3 Å². The van der Waals surface area contributed by atoms with Gasteiger partial charge >= 0.3 is 0 Å². The van der Waals surface area contributed by atoms with E-state index in [0.29, 0.717) is 5.02 Å². The fraction of sp³-hybridized carbons (Fsp3) is 0.0455. The van der Waals surface area contributed by atoms with Gasteiger partial charge in [0.05, 0.1) is 11.7 Å². The maximum absolute atomic E-state index is 6.17. The number of aliphatic imine (C=N–C) groups is 1. The second-order valence-corrected chi connectivity index (χ2v) is 6.36. The molecular formula is C22H17ClN2. The SMILES string of the molecule is Clc1cccc(C2=NC(c3ccccc3)=CC(c3ccccc3)N2)c1. The van der Waals surface area contributed by atoms with Crippen LogP contribution < -0.4 is 5.32 Å². The summed E-state index contributed by atoms with van der Waals surface area (Å²) in [5, 5.41) is 4.23. The van der Waals surface area contributed by atoms with E-state index in [0.717, 1.165) is 22.7 Å². The van der Waals surface area contributed by atoms with Crippen LogP contribution in [0.2, 0.25) is 5.02 Å². The molecule has 1 atom stereocenters. The standard InChI is InChI=1S/C22H17ClN2/c23-19-13-7-12-18(14-19)22-24-20(16-8-3-1-4-9-16)15-21(25-22)17-10-5-2-6-11-17/h1-15,20H,(H,24,25). The van der Waals surface area contributed by atoms with E-state index in [1.807, 2.05) is 48.5 Å². The molecule has 122 valence electrons. The van der Waals surface area contributed by atoms with E-state index in [9.17, 15) is 0 Å². The molecule has 1 heterocycles. The van der Waals surface area contributed by atoms with Gasteiger partial charge in [0.2, 0.25) is 0 Å². The Hall–Kier alpha value is -2.84. The predicted molar refractivity (Wildman–Crippen MR) is 105 cm³/mol. The number of rotatable bonds is 3. The van der Waals surface area contributed by atoms with Crippen molar-refractivity contribution in [3.63, 3.8) is 0 Å². The molecule has 2 nitrogen and oxygen atoms in total. The summed E-state index contributed by atoms with van der Waals surface area (Å²) in [7, 11) is 0. The molecule has 25 heavy (non-hydrogen) atoms. The van der Waals surface area contributed by atoms with Crippen LogP contribution in [0, 0.1) is 0 Å². The number of nitrogens with zero attached hydrogens (tertiary/aromatic N) is 1. The Balaban J connectivity index is 1.79. The second-order valence-electron chi connectivity index (χ2n) is 5.92. The highest BCUT2D eigenvalue weighted by Crippen LogP contribution is 2.27. The molecule has 3 aromatic rings. The van der Waals surface area contributed by atoms with Gasteiger partial charge in [0.1, 0.15) is 5.84 Å². The summed E-state index contributed by atoms with van der Waals surface area (Å²) in [4.78, 5) is 4.85. The molecule has 0 saturated carbocycles. The van der Waals surface area contributed by atoms with Gasteiger partial charge in [-0.15, -0.1) is 0 Å². The predicted octanol–water partition coefficient (Wildman–Crippen LogP) is 5.47. The molecule has 0 aromatic heterocycles. The van der Waals surface area contributed by atoms with E-state index >= 15 is 0 Å². The highest BCUT2D eigenvalue weighted by atomic mass is 35.5. The molecule has 0 aliphatic carbocycles. The maximum Gasteiger partial charge on any atom is 0.134 e. The summed E-state index contributed by atoms with van der Waals surface area (Å²) in [6.45, 7) is 0. The third-order valence-electron chi connectivity index (χ3n) is 4.18. The fourth-order valence-electron chi connectivity index (χ4n) is 2.93. The van der Waals surface area contributed by atoms with Gasteiger partial charge in [-0.25, -0.2) is 4.99 Å². The van der Waals surface area contributed by atoms with Crippen LogP contribution in [-0.4, -0.2) is 5.84 Å². The van der Waals surface area contributed by atoms with Crippen LogP contribution in [0.15, 0.2) is 96.0 Å². The number of nitrogens with one attached hydrogen (secondary N) is 1. The zero-order valence-electron chi connectivity index (χ0n) is 13.6. The summed E-state index contributed by atoms with van der Waals surface area (Å²) < 4.78 is 0. The first-order chi connectivity index (χ1) is 12.3. The molecule has 3 aromatic carbocycles. The Morgan fingerprint density at radius 3 is 2.16 bits per heavy atom. The lowest BCUT2D eigenvalue weighted by Gasteiger charge is -2.24. The van der Waals surface area contributed by atoms with Crippen LogP contribution in [0.3, 0.4) is 0 Å². The Morgan fingerprint density at radius 2 is 1.44 bits per heavy atom. The third-order valence-corrected chi connectivity index (χ3v) is 4.41. The van der Waals surface area contributed by atoms with E-state index in [1.54, 1.807) is 0 Å². The van der Waals surface area contributed by atoms with Crippen LogP contribution in [0.4, 0.5) is 0 Å². The first kappa shape index (κ1) is 15.7. The number of amidine groups is 1. The monoisotopic (exact) mass is 344 g/mol. The lowest BCUT2D eigenvalue weighted by Crippen LogP contribution is -2.31. The quantitative estimate of drug-likeness (QED) is 0.669. The minimum Gasteiger partial charge on any atom is -0.359 e. The van der Waals surface area contributed by atoms with E-state index in [1.165, 1.54) is 5.56 Å². The smallest absolute Gasteiger partial charge is 0.134 e. The minimum atomic E-state index is 0.0582. The molecular weight excluding hydrogens is 328 g/mol. The Bertz CT molecular complexity index is 931. The summed E-state index contributed by atoms with van der Waals surface area (Å²) in [5.74, 6) is 0.831. The van der Waals surface area contributed by atoms with Crippen LogP contribution in [0.1, 0.15) is 22.7 Å². The number of hydrogen-bond acceptors (Lipinski definition) is 2. The molecule has 1 unspecified atom stereocenters. The zero-order valence-corrected chi connectivity index (χ0v) is 14.3. The third kappa shape index (κ3) is 3.49. The topological polar surface area (TPSA) is 24.4 Å². The van der Waals surface area contributed by atoms with E-state index in [4.69, 9.17) is 16.6 Å². The molecule has 0 bridgehead atoms. The molecule has 4 rings (SSSR count). The van der Waals surface area contributed by atoms with Crippen molar-refractivity contribution in [2.45, 2.75) is 6.04 Å². The molecule has 1 aliphatic heterocycles. The number of benzene rings is 3. The van der Waals surface area contributed by atoms with Crippen molar-refractivity contribution in [2.24, 2.45) is 4.99 Å². The highest BCUT2D eigenvalue weighted by Gasteiger charge is 2.19. The van der Waals surface area contributed by atoms with Crippen LogP contribution in [0.25, 0.3) is 5.70 Å². The zero-order chi connectivity index (χ0) is 17.1. The van der Waals surface area contributed by atoms with Crippen LogP contribution >= 0.6 is 11.6 Å². The summed E-state index contributed by atoms with van der Waals surface area (Å²) in [6.07, 6.45) is 2.17. The molecule has 0 radical (unpaired) electrons. The van der Waals surface area contributed by atoms with Gasteiger partial charge < -0.3 is 5.32 Å². The van der Waals surface area contributed by atoms with Crippen LogP contribution in [-0.2, 0) is 0 Å². The maximum atomic E-state index is 6.17. The van der Waals surface area contributed by atoms with Gasteiger partial charge in [0, 0.05) is 10.6 Å². The second kappa shape index (κ2) is 6.96. The molecule has 1 N–H and O–H groups in total. The Labute approximate surface area is 152 Å². The molecule has 0 spiro atoms. The molecule has 0 amide bonds. The molecule has 0 saturated heterocycles. The molecule has 1 aliphatic rings. The van der Waals surface area contributed by atoms with Crippen molar-refractivity contribution in [3.05, 3.63) is 113 Å². The fourth-order valence-corrected chi connectivity index (χ4v) is 3.12. The first-order valence-corrected chi connectivity index (χ1v) is 8.61. The molecule has 0 fully saturated rings. The van der Waals surface area contributed by atoms with Crippen molar-refractivity contribution in [1.82, 2.24) is 5.32 Å². The minimum absolute atomic E-state index is 0.0582. The van der Waals surface area contributed by atoms with Gasteiger partial charge in [0.25, 0.3) is 0 Å². The van der Waals surface area contributed by atoms with Crippen molar-refractivity contribution in [2.75, 3.05) is 0 Å². The largest absolute Gasteiger partial charge is 0.359 e. The average molecular weight is 345 g/mol. The van der Waals surface area contributed by atoms with Crippen molar-refractivity contribution >= 4 is 23.1 Å². The number of halogens is 1. The van der Waals surface area contributed by atoms with E-state index in [-0.39, 0.29) is 6.04 Å². The highest BCUT2D eigenvalue weighted by molar-refractivity contribution is 6.31. The lowest BCUT2D eigenvalue weighted by atomic mass is 10.0. The Kier molecular flexibility index (Phi) is 4.36. The van der Waals surface area contributed by atoms with Crippen molar-refractivity contribution < 1.29 is 0 Å². The van der Waals surface area contributed by atoms with Gasteiger partial charge in [-0.2, -0.15) is 0 Å². The average Bonchev–Trinajstić information content (AvgIpc) is 2.69. The van der Waals surface area contributed by atoms with Gasteiger partial charge in [-0.3, -0.25) is 0 Å². The number of hydrogen-bond donors (Lipinski definition) is 1. The summed E-state index contributed by atoms with van der Waals surface area (Å²) in [6, 6.07) is 28.5. The van der Waals surface area contributed by atoms with Crippen molar-refractivity contribution in [1.29, 1.82) is 0 Å². The van der Waals surface area contributed by atoms with E-state index < -0.39 is 0 Å². The summed E-state index contributed by atoms with van der Waals surface area (Å²) in [5.41, 5.74) is 4.24. The van der Waals surface area contributed by atoms with Gasteiger partial charge in [0.15, 0.2) is 0 Å². The molecule has 3 heteroatoms. The van der Waals surface area contributed by atoms with Crippen molar-refractivity contribution in [3.8, 4) is 0 Å². The van der Waals surface area contributed by atoms with E-state index in [2.05, 4.69) is 47.8 Å². The summed E-state index contributed by atoms with van der Waals surface area (Å²) >= 11 is 6.17. The van der Waals surface area contributed by atoms with Gasteiger partial charge in [-0.1, -0.05) is 84.4 Å². The lowest BCUT2D eigenvalue weighted by molar-refractivity contribution is 0.781. The normalized spacial score (nSPS) is 16.6.